The Morgan fingerprint density at radius 1 is 0.422 bits per heavy atom. The highest BCUT2D eigenvalue weighted by molar-refractivity contribution is 5.16. The molecular weight excluding hydrogens is 777 g/mol. The minimum atomic E-state index is -0.726. The maximum absolute atomic E-state index is 9.73. The fourth-order valence-electron chi connectivity index (χ4n) is 5.41. The maximum Gasteiger partial charge on any atom is 0.0800 e. The topological polar surface area (TPSA) is 40.5 Å². The van der Waals surface area contributed by atoms with Crippen LogP contribution in [0.5, 0.6) is 0 Å². The summed E-state index contributed by atoms with van der Waals surface area (Å²) in [6.07, 6.45) is 43.9. The summed E-state index contributed by atoms with van der Waals surface area (Å²) in [7, 11) is 0. The van der Waals surface area contributed by atoms with E-state index in [0.717, 1.165) is 89.0 Å². The van der Waals surface area contributed by atoms with Gasteiger partial charge in [-0.15, -0.1) is 6.58 Å². The van der Waals surface area contributed by atoms with Crippen LogP contribution in [0.2, 0.25) is 0 Å². The smallest absolute Gasteiger partial charge is 0.0800 e. The number of aliphatic hydroxyl groups excluding tert-OH is 1. The first-order valence-electron chi connectivity index (χ1n) is 23.4. The van der Waals surface area contributed by atoms with Gasteiger partial charge in [0.15, 0.2) is 0 Å². The van der Waals surface area contributed by atoms with Crippen LogP contribution in [0.1, 0.15) is 215 Å². The van der Waals surface area contributed by atoms with Crippen LogP contribution in [0, 0.1) is 0 Å². The fraction of sp³-hybridized carbons (Fsp3) is 0.548. The van der Waals surface area contributed by atoms with E-state index >= 15 is 0 Å². The molecule has 0 aromatic carbocycles. The molecule has 0 saturated carbocycles. The van der Waals surface area contributed by atoms with Crippen LogP contribution in [0.15, 0.2) is 167 Å². The minimum Gasteiger partial charge on any atom is -0.392 e. The van der Waals surface area contributed by atoms with E-state index in [-0.39, 0.29) is 21.5 Å². The molecule has 0 saturated heterocycles. The zero-order valence-corrected chi connectivity index (χ0v) is 43.5. The van der Waals surface area contributed by atoms with Gasteiger partial charge in [0, 0.05) is 0 Å². The Labute approximate surface area is 402 Å². The summed E-state index contributed by atoms with van der Waals surface area (Å²) < 4.78 is 0. The molecule has 368 valence electrons. The molecule has 0 heterocycles. The van der Waals surface area contributed by atoms with Crippen molar-refractivity contribution in [3.63, 3.8) is 0 Å². The first kappa shape index (κ1) is 71.9. The Balaban J connectivity index is -0.000000173. The van der Waals surface area contributed by atoms with Crippen LogP contribution in [-0.4, -0.2) is 22.4 Å². The Hall–Kier alpha value is -3.72. The van der Waals surface area contributed by atoms with Gasteiger partial charge in [-0.3, -0.25) is 0 Å². The summed E-state index contributed by atoms with van der Waals surface area (Å²) >= 11 is 0. The highest BCUT2D eigenvalue weighted by atomic mass is 16.3. The standard InChI is InChI=1S/2C15H26O.2C15H24.2CH4/c1-13(2)7-5-8-14(3)9-6-10-15(4)11-12-16;1-6-15(5,16)12-8-11-14(4)10-7-9-13(2)3;2*1-6-14(4)10-8-12-15(5)11-7-9-13(2)3;;/h7,9,11,16H,5-6,8,10,12H2,1-4H3;6,9,11,16H,1,7-8,10,12H2,2-5H3;6,9-10,12H,1,7-8,11H2,2-5H3;6,9,12H,1,4,7-8,10-11H2,2-3,5H3;2*1H4/b14-9+,15-11+;14-11+;14-10+,15-12+;15-12+;;. The molecule has 0 aromatic rings. The summed E-state index contributed by atoms with van der Waals surface area (Å²) in [5.74, 6) is 0. The first-order chi connectivity index (χ1) is 29.0. The summed E-state index contributed by atoms with van der Waals surface area (Å²) in [6, 6.07) is 0. The van der Waals surface area contributed by atoms with Crippen molar-refractivity contribution in [1.82, 2.24) is 0 Å². The van der Waals surface area contributed by atoms with Gasteiger partial charge in [0.1, 0.15) is 0 Å². The molecule has 0 aliphatic heterocycles. The lowest BCUT2D eigenvalue weighted by Crippen LogP contribution is -2.19. The predicted molar refractivity (Wildman–Crippen MR) is 300 cm³/mol. The summed E-state index contributed by atoms with van der Waals surface area (Å²) in [6.45, 7) is 46.9. The third kappa shape index (κ3) is 62.6. The van der Waals surface area contributed by atoms with Crippen molar-refractivity contribution in [3.8, 4) is 0 Å². The number of hydrogen-bond donors (Lipinski definition) is 2. The van der Waals surface area contributed by atoms with E-state index in [1.54, 1.807) is 13.0 Å². The lowest BCUT2D eigenvalue weighted by atomic mass is 9.99. The fourth-order valence-corrected chi connectivity index (χ4v) is 5.41. The molecule has 0 aliphatic rings. The average molecular weight is 886 g/mol. The molecule has 0 aromatic heterocycles. The number of hydrogen-bond acceptors (Lipinski definition) is 2. The molecule has 0 spiro atoms. The average Bonchev–Trinajstić information content (AvgIpc) is 3.18. The third-order valence-corrected chi connectivity index (χ3v) is 9.89. The van der Waals surface area contributed by atoms with Crippen molar-refractivity contribution in [2.45, 2.75) is 221 Å². The van der Waals surface area contributed by atoms with Crippen molar-refractivity contribution in [3.05, 3.63) is 167 Å². The van der Waals surface area contributed by atoms with Gasteiger partial charge >= 0.3 is 0 Å². The van der Waals surface area contributed by atoms with E-state index in [2.05, 4.69) is 178 Å². The van der Waals surface area contributed by atoms with E-state index < -0.39 is 5.60 Å². The zero-order valence-electron chi connectivity index (χ0n) is 43.5. The Morgan fingerprint density at radius 2 is 0.734 bits per heavy atom. The largest absolute Gasteiger partial charge is 0.392 e. The monoisotopic (exact) mass is 885 g/mol. The molecule has 0 radical (unpaired) electrons. The molecule has 0 bridgehead atoms. The normalized spacial score (nSPS) is 12.6. The van der Waals surface area contributed by atoms with Gasteiger partial charge in [0.2, 0.25) is 0 Å². The van der Waals surface area contributed by atoms with E-state index in [1.807, 2.05) is 18.2 Å². The molecule has 0 fully saturated rings. The molecule has 1 unspecified atom stereocenters. The van der Waals surface area contributed by atoms with Gasteiger partial charge in [-0.25, -0.2) is 0 Å². The van der Waals surface area contributed by atoms with E-state index in [9.17, 15) is 5.11 Å². The number of allylic oxidation sites excluding steroid dienone is 22. The molecule has 64 heavy (non-hydrogen) atoms. The lowest BCUT2D eigenvalue weighted by Gasteiger charge is -2.16. The quantitative estimate of drug-likeness (QED) is 0.0637. The second-order valence-corrected chi connectivity index (χ2v) is 18.1. The van der Waals surface area contributed by atoms with Gasteiger partial charge in [-0.05, 0) is 200 Å². The second-order valence-electron chi connectivity index (χ2n) is 18.1. The van der Waals surface area contributed by atoms with Crippen LogP contribution >= 0.6 is 0 Å². The Kier molecular flexibility index (Phi) is 54.7. The van der Waals surface area contributed by atoms with E-state index in [0.29, 0.717) is 0 Å². The van der Waals surface area contributed by atoms with Crippen molar-refractivity contribution in [1.29, 1.82) is 0 Å². The van der Waals surface area contributed by atoms with E-state index in [1.165, 1.54) is 68.6 Å². The van der Waals surface area contributed by atoms with Gasteiger partial charge in [0.05, 0.1) is 12.2 Å². The SMILES string of the molecule is C.C.C=C/C(C)=C/C/C=C(\C)CCC=C(C)C.C=CC(=C)CC/C=C(\C)CCC=C(C)C.C=CC(C)(O)CC/C=C(\C)CCC=C(C)C.CC(C)=CCC/C(C)=C/CC/C(C)=C/CO. The molecule has 0 aliphatic carbocycles. The summed E-state index contributed by atoms with van der Waals surface area (Å²) in [5.41, 5.74) is 14.3. The minimum absolute atomic E-state index is 0. The number of rotatable bonds is 27. The van der Waals surface area contributed by atoms with Crippen LogP contribution in [0.3, 0.4) is 0 Å². The molecular formula is C62H108O2. The highest BCUT2D eigenvalue weighted by Crippen LogP contribution is 2.16. The van der Waals surface area contributed by atoms with Gasteiger partial charge in [-0.1, -0.05) is 175 Å². The molecule has 1 atom stereocenters. The molecule has 2 N–H and O–H groups in total. The van der Waals surface area contributed by atoms with Crippen molar-refractivity contribution >= 4 is 0 Å². The summed E-state index contributed by atoms with van der Waals surface area (Å²) in [5, 5.41) is 18.4. The molecule has 2 nitrogen and oxygen atoms in total. The van der Waals surface area contributed by atoms with Crippen molar-refractivity contribution in [2.75, 3.05) is 6.61 Å². The van der Waals surface area contributed by atoms with Gasteiger partial charge in [-0.2, -0.15) is 0 Å². The summed E-state index contributed by atoms with van der Waals surface area (Å²) in [4.78, 5) is 0. The van der Waals surface area contributed by atoms with Gasteiger partial charge in [0.25, 0.3) is 0 Å². The molecule has 0 amide bonds. The van der Waals surface area contributed by atoms with Gasteiger partial charge < -0.3 is 10.2 Å². The zero-order chi connectivity index (χ0) is 48.4. The lowest BCUT2D eigenvalue weighted by molar-refractivity contribution is 0.103. The first-order valence-corrected chi connectivity index (χ1v) is 23.4. The highest BCUT2D eigenvalue weighted by Gasteiger charge is 2.13. The Morgan fingerprint density at radius 3 is 1.05 bits per heavy atom. The van der Waals surface area contributed by atoms with Crippen LogP contribution in [-0.2, 0) is 0 Å². The van der Waals surface area contributed by atoms with E-state index in [4.69, 9.17) is 5.11 Å². The van der Waals surface area contributed by atoms with Crippen molar-refractivity contribution < 1.29 is 10.2 Å². The number of aliphatic hydroxyl groups is 2. The van der Waals surface area contributed by atoms with Crippen molar-refractivity contribution in [2.24, 2.45) is 0 Å². The van der Waals surface area contributed by atoms with Crippen LogP contribution < -0.4 is 0 Å². The Bertz CT molecular complexity index is 1530. The van der Waals surface area contributed by atoms with Crippen LogP contribution in [0.4, 0.5) is 0 Å². The maximum atomic E-state index is 9.73. The molecule has 0 rings (SSSR count). The molecule has 2 heteroatoms. The predicted octanol–water partition coefficient (Wildman–Crippen LogP) is 20.5. The van der Waals surface area contributed by atoms with Crippen LogP contribution in [0.25, 0.3) is 0 Å². The second kappa shape index (κ2) is 48.7. The third-order valence-electron chi connectivity index (χ3n) is 9.89.